The lowest BCUT2D eigenvalue weighted by molar-refractivity contribution is -0.111. The summed E-state index contributed by atoms with van der Waals surface area (Å²) >= 11 is 0. The topological polar surface area (TPSA) is 64.6 Å². The summed E-state index contributed by atoms with van der Waals surface area (Å²) < 4.78 is 10.8. The number of ether oxygens (including phenoxy) is 2. The Balaban J connectivity index is 1.86. The van der Waals surface area contributed by atoms with Crippen molar-refractivity contribution in [1.82, 2.24) is 0 Å². The number of unbranched alkanes of at least 4 members (excludes halogenated alkanes) is 1. The first-order valence-electron chi connectivity index (χ1n) is 9.51. The van der Waals surface area contributed by atoms with Crippen LogP contribution in [0.25, 0.3) is 6.08 Å². The number of rotatable bonds is 9. The van der Waals surface area contributed by atoms with E-state index >= 15 is 0 Å². The highest BCUT2D eigenvalue weighted by molar-refractivity contribution is 6.02. The van der Waals surface area contributed by atoms with E-state index in [2.05, 4.69) is 12.2 Å². The Bertz CT molecular complexity index is 792. The third-order valence-electron chi connectivity index (χ3n) is 3.80. The van der Waals surface area contributed by atoms with Crippen LogP contribution >= 0.6 is 0 Å². The van der Waals surface area contributed by atoms with Gasteiger partial charge >= 0.3 is 5.97 Å². The van der Waals surface area contributed by atoms with Gasteiger partial charge in [-0.2, -0.15) is 0 Å². The van der Waals surface area contributed by atoms with Gasteiger partial charge in [0.05, 0.1) is 18.3 Å². The predicted molar refractivity (Wildman–Crippen MR) is 112 cm³/mol. The Hall–Kier alpha value is -3.08. The van der Waals surface area contributed by atoms with Gasteiger partial charge in [0.15, 0.2) is 0 Å². The van der Waals surface area contributed by atoms with Gasteiger partial charge in [-0.1, -0.05) is 25.5 Å². The van der Waals surface area contributed by atoms with Crippen molar-refractivity contribution < 1.29 is 19.1 Å². The van der Waals surface area contributed by atoms with Crippen LogP contribution in [-0.4, -0.2) is 24.6 Å². The Kier molecular flexibility index (Phi) is 8.28. The van der Waals surface area contributed by atoms with Crippen LogP contribution in [0.5, 0.6) is 5.75 Å². The average molecular weight is 381 g/mol. The molecule has 0 heterocycles. The second-order valence-electron chi connectivity index (χ2n) is 6.63. The molecular formula is C23H27NO4. The molecule has 0 atom stereocenters. The minimum atomic E-state index is -0.380. The molecule has 2 rings (SSSR count). The first kappa shape index (κ1) is 21.2. The molecule has 0 saturated heterocycles. The van der Waals surface area contributed by atoms with Crippen LogP contribution in [0.1, 0.15) is 49.5 Å². The van der Waals surface area contributed by atoms with Gasteiger partial charge in [-0.25, -0.2) is 4.79 Å². The van der Waals surface area contributed by atoms with Gasteiger partial charge < -0.3 is 14.8 Å². The Labute approximate surface area is 166 Å². The minimum absolute atomic E-state index is 0.172. The van der Waals surface area contributed by atoms with E-state index in [-0.39, 0.29) is 18.0 Å². The van der Waals surface area contributed by atoms with Crippen LogP contribution in [0.3, 0.4) is 0 Å². The molecule has 1 N–H and O–H groups in total. The van der Waals surface area contributed by atoms with Crippen LogP contribution < -0.4 is 10.1 Å². The summed E-state index contributed by atoms with van der Waals surface area (Å²) in [6.45, 7) is 6.43. The number of esters is 1. The maximum atomic E-state index is 12.1. The van der Waals surface area contributed by atoms with E-state index in [0.29, 0.717) is 17.9 Å². The fourth-order valence-electron chi connectivity index (χ4n) is 2.34. The molecule has 148 valence electrons. The van der Waals surface area contributed by atoms with Crippen LogP contribution in [0.15, 0.2) is 54.6 Å². The smallest absolute Gasteiger partial charge is 0.338 e. The molecular weight excluding hydrogens is 354 g/mol. The Morgan fingerprint density at radius 2 is 1.71 bits per heavy atom. The molecule has 0 aromatic heterocycles. The minimum Gasteiger partial charge on any atom is -0.494 e. The number of carbonyl (C=O) groups excluding carboxylic acids is 2. The number of amides is 1. The maximum absolute atomic E-state index is 12.1. The molecule has 2 aromatic rings. The summed E-state index contributed by atoms with van der Waals surface area (Å²) in [4.78, 5) is 23.9. The van der Waals surface area contributed by atoms with Gasteiger partial charge in [0, 0.05) is 11.8 Å². The zero-order valence-electron chi connectivity index (χ0n) is 16.6. The zero-order chi connectivity index (χ0) is 20.4. The van der Waals surface area contributed by atoms with Crippen molar-refractivity contribution in [3.05, 3.63) is 65.7 Å². The van der Waals surface area contributed by atoms with Gasteiger partial charge in [-0.15, -0.1) is 0 Å². The van der Waals surface area contributed by atoms with Crippen molar-refractivity contribution in [3.63, 3.8) is 0 Å². The first-order valence-corrected chi connectivity index (χ1v) is 9.51. The van der Waals surface area contributed by atoms with Gasteiger partial charge in [-0.3, -0.25) is 4.79 Å². The second kappa shape index (κ2) is 10.9. The summed E-state index contributed by atoms with van der Waals surface area (Å²) in [6.07, 6.45) is 5.16. The lowest BCUT2D eigenvalue weighted by Crippen LogP contribution is -2.12. The first-order chi connectivity index (χ1) is 13.5. The highest BCUT2D eigenvalue weighted by atomic mass is 16.5. The molecule has 0 aliphatic carbocycles. The third-order valence-corrected chi connectivity index (χ3v) is 3.80. The van der Waals surface area contributed by atoms with Gasteiger partial charge in [0.1, 0.15) is 5.75 Å². The van der Waals surface area contributed by atoms with Crippen LogP contribution in [-0.2, 0) is 9.53 Å². The van der Waals surface area contributed by atoms with E-state index in [1.165, 1.54) is 6.08 Å². The highest BCUT2D eigenvalue weighted by Gasteiger charge is 2.09. The number of nitrogens with one attached hydrogen (secondary N) is 1. The lowest BCUT2D eigenvalue weighted by atomic mass is 10.2. The van der Waals surface area contributed by atoms with Gasteiger partial charge in [-0.05, 0) is 68.3 Å². The Morgan fingerprint density at radius 3 is 2.32 bits per heavy atom. The van der Waals surface area contributed by atoms with E-state index in [1.54, 1.807) is 44.2 Å². The zero-order valence-corrected chi connectivity index (χ0v) is 16.6. The van der Waals surface area contributed by atoms with Crippen LogP contribution in [0.4, 0.5) is 5.69 Å². The SMILES string of the molecule is CCCCOc1ccc(/C=C/C(=O)Nc2ccc(C(=O)OC(C)C)cc2)cc1. The molecule has 0 aliphatic heterocycles. The fourth-order valence-corrected chi connectivity index (χ4v) is 2.34. The molecule has 0 unspecified atom stereocenters. The average Bonchev–Trinajstić information content (AvgIpc) is 2.67. The van der Waals surface area contributed by atoms with E-state index in [9.17, 15) is 9.59 Å². The van der Waals surface area contributed by atoms with Crippen molar-refractivity contribution in [1.29, 1.82) is 0 Å². The largest absolute Gasteiger partial charge is 0.494 e. The monoisotopic (exact) mass is 381 g/mol. The van der Waals surface area contributed by atoms with E-state index in [1.807, 2.05) is 24.3 Å². The highest BCUT2D eigenvalue weighted by Crippen LogP contribution is 2.14. The summed E-state index contributed by atoms with van der Waals surface area (Å²) in [6, 6.07) is 14.2. The van der Waals surface area contributed by atoms with E-state index < -0.39 is 0 Å². The molecule has 2 aromatic carbocycles. The van der Waals surface area contributed by atoms with E-state index in [0.717, 1.165) is 24.2 Å². The summed E-state index contributed by atoms with van der Waals surface area (Å²) in [5, 5.41) is 2.76. The summed E-state index contributed by atoms with van der Waals surface area (Å²) in [5.74, 6) is 0.196. The maximum Gasteiger partial charge on any atom is 0.338 e. The number of anilines is 1. The third kappa shape index (κ3) is 7.27. The van der Waals surface area contributed by atoms with E-state index in [4.69, 9.17) is 9.47 Å². The number of carbonyl (C=O) groups is 2. The standard InChI is InChI=1S/C23H27NO4/c1-4-5-16-27-21-13-6-18(7-14-21)8-15-22(25)24-20-11-9-19(10-12-20)23(26)28-17(2)3/h6-15,17H,4-5,16H2,1-3H3,(H,24,25)/b15-8+. The van der Waals surface area contributed by atoms with Crippen molar-refractivity contribution in [3.8, 4) is 5.75 Å². The van der Waals surface area contributed by atoms with Gasteiger partial charge in [0.25, 0.3) is 0 Å². The second-order valence-corrected chi connectivity index (χ2v) is 6.63. The van der Waals surface area contributed by atoms with Crippen molar-refractivity contribution in [2.24, 2.45) is 0 Å². The molecule has 5 heteroatoms. The lowest BCUT2D eigenvalue weighted by Gasteiger charge is -2.08. The van der Waals surface area contributed by atoms with Crippen LogP contribution in [0.2, 0.25) is 0 Å². The molecule has 1 amide bonds. The molecule has 0 radical (unpaired) electrons. The molecule has 0 spiro atoms. The Morgan fingerprint density at radius 1 is 1.04 bits per heavy atom. The fraction of sp³-hybridized carbons (Fsp3) is 0.304. The van der Waals surface area contributed by atoms with Crippen molar-refractivity contribution in [2.45, 2.75) is 39.7 Å². The van der Waals surface area contributed by atoms with Crippen molar-refractivity contribution >= 4 is 23.6 Å². The molecule has 0 saturated carbocycles. The quantitative estimate of drug-likeness (QED) is 0.374. The normalized spacial score (nSPS) is 10.9. The molecule has 0 aliphatic rings. The predicted octanol–water partition coefficient (Wildman–Crippen LogP) is 5.08. The number of hydrogen-bond acceptors (Lipinski definition) is 4. The number of hydrogen-bond donors (Lipinski definition) is 1. The van der Waals surface area contributed by atoms with Crippen molar-refractivity contribution in [2.75, 3.05) is 11.9 Å². The summed E-state index contributed by atoms with van der Waals surface area (Å²) in [5.41, 5.74) is 1.96. The number of benzene rings is 2. The molecule has 0 fully saturated rings. The molecule has 28 heavy (non-hydrogen) atoms. The van der Waals surface area contributed by atoms with Gasteiger partial charge in [0.2, 0.25) is 5.91 Å². The summed E-state index contributed by atoms with van der Waals surface area (Å²) in [7, 11) is 0. The molecule has 5 nitrogen and oxygen atoms in total. The van der Waals surface area contributed by atoms with Crippen LogP contribution in [0, 0.1) is 0 Å². The molecule has 0 bridgehead atoms.